The number of aryl methyl sites for hydroxylation is 5. The van der Waals surface area contributed by atoms with E-state index >= 15 is 0 Å². The van der Waals surface area contributed by atoms with Gasteiger partial charge in [0.25, 0.3) is 11.6 Å². The highest BCUT2D eigenvalue weighted by Gasteiger charge is 2.30. The van der Waals surface area contributed by atoms with Gasteiger partial charge < -0.3 is 4.42 Å². The highest BCUT2D eigenvalue weighted by Crippen LogP contribution is 2.37. The van der Waals surface area contributed by atoms with E-state index in [1.54, 1.807) is 16.3 Å². The van der Waals surface area contributed by atoms with Crippen LogP contribution in [0.15, 0.2) is 59.0 Å². The molecule has 0 N–H and O–H groups in total. The first-order valence-corrected chi connectivity index (χ1v) is 9.66. The topological polar surface area (TPSA) is 34.8 Å². The maximum absolute atomic E-state index is 8.19. The third-order valence-corrected chi connectivity index (χ3v) is 5.62. The number of hydrogen-bond donors (Lipinski definition) is 0. The minimum absolute atomic E-state index is 0.0277. The molecule has 0 bridgehead atoms. The molecule has 2 aromatic heterocycles. The Hall–Kier alpha value is -3.40. The van der Waals surface area contributed by atoms with Gasteiger partial charge >= 0.3 is 0 Å². The van der Waals surface area contributed by atoms with Crippen molar-refractivity contribution in [1.82, 2.24) is 9.78 Å². The fourth-order valence-electron chi connectivity index (χ4n) is 4.29. The number of rotatable bonds is 2. The van der Waals surface area contributed by atoms with E-state index in [4.69, 9.17) is 8.53 Å². The zero-order valence-corrected chi connectivity index (χ0v) is 16.9. The highest BCUT2D eigenvalue weighted by atomic mass is 16.3. The van der Waals surface area contributed by atoms with E-state index in [1.807, 2.05) is 63.2 Å². The van der Waals surface area contributed by atoms with Crippen LogP contribution >= 0.6 is 0 Å². The zero-order chi connectivity index (χ0) is 22.8. The van der Waals surface area contributed by atoms with Crippen LogP contribution in [0, 0.1) is 27.6 Å². The summed E-state index contributed by atoms with van der Waals surface area (Å²) in [6, 6.07) is 18.0. The summed E-state index contributed by atoms with van der Waals surface area (Å²) in [6.45, 7) is 3.60. The maximum Gasteiger partial charge on any atom is 0.279 e. The van der Waals surface area contributed by atoms with Crippen LogP contribution in [0.4, 0.5) is 0 Å². The predicted octanol–water partition coefficient (Wildman–Crippen LogP) is 5.50. The number of para-hydroxylation sites is 2. The highest BCUT2D eigenvalue weighted by molar-refractivity contribution is 6.09. The Balaban J connectivity index is 1.97. The largest absolute Gasteiger partial charge is 0.455 e. The van der Waals surface area contributed by atoms with Crippen molar-refractivity contribution in [1.29, 1.82) is 0 Å². The van der Waals surface area contributed by atoms with E-state index in [1.165, 1.54) is 0 Å². The summed E-state index contributed by atoms with van der Waals surface area (Å²) < 4.78 is 34.3. The third kappa shape index (κ3) is 2.52. The maximum atomic E-state index is 8.19. The number of hydrogen-bond acceptors (Lipinski definition) is 2. The molecular weight excluding hydrogens is 358 g/mol. The van der Waals surface area contributed by atoms with Crippen LogP contribution in [0.25, 0.3) is 39.0 Å². The van der Waals surface area contributed by atoms with Gasteiger partial charge in [0.05, 0.1) is 12.6 Å². The van der Waals surface area contributed by atoms with Gasteiger partial charge in [-0.1, -0.05) is 48.5 Å². The van der Waals surface area contributed by atoms with E-state index in [0.29, 0.717) is 5.82 Å². The second-order valence-electron chi connectivity index (χ2n) is 7.58. The molecule has 144 valence electrons. The first-order valence-electron chi connectivity index (χ1n) is 11.2. The van der Waals surface area contributed by atoms with Gasteiger partial charge in [-0.2, -0.15) is 4.57 Å². The van der Waals surface area contributed by atoms with Crippen molar-refractivity contribution in [3.8, 4) is 17.1 Å². The lowest BCUT2D eigenvalue weighted by Crippen LogP contribution is -2.37. The zero-order valence-electron chi connectivity index (χ0n) is 19.9. The average Bonchev–Trinajstić information content (AvgIpc) is 3.26. The molecule has 0 saturated heterocycles. The van der Waals surface area contributed by atoms with E-state index < -0.39 is 6.85 Å². The van der Waals surface area contributed by atoms with Crippen LogP contribution in [0.2, 0.25) is 0 Å². The molecular formula is C25H24N3O+. The Labute approximate surface area is 174 Å². The van der Waals surface area contributed by atoms with E-state index in [9.17, 15) is 0 Å². The molecule has 3 aromatic carbocycles. The molecule has 0 aliphatic rings. The van der Waals surface area contributed by atoms with Crippen LogP contribution < -0.4 is 4.57 Å². The van der Waals surface area contributed by atoms with Crippen LogP contribution in [-0.4, -0.2) is 9.78 Å². The molecule has 29 heavy (non-hydrogen) atoms. The van der Waals surface area contributed by atoms with Crippen molar-refractivity contribution in [2.24, 2.45) is 7.05 Å². The fourth-order valence-corrected chi connectivity index (χ4v) is 4.29. The summed E-state index contributed by atoms with van der Waals surface area (Å²) in [5, 5.41) is 6.51. The summed E-state index contributed by atoms with van der Waals surface area (Å²) in [5.74, 6) is 0.704. The van der Waals surface area contributed by atoms with Gasteiger partial charge in [0.15, 0.2) is 0 Å². The number of nitrogens with zero attached hydrogens (tertiary/aromatic N) is 3. The number of aromatic nitrogens is 3. The van der Waals surface area contributed by atoms with Crippen molar-refractivity contribution in [3.63, 3.8) is 0 Å². The van der Waals surface area contributed by atoms with Gasteiger partial charge in [0.1, 0.15) is 16.9 Å². The van der Waals surface area contributed by atoms with E-state index in [-0.39, 0.29) is 5.82 Å². The van der Waals surface area contributed by atoms with Crippen molar-refractivity contribution in [3.05, 3.63) is 77.1 Å². The Morgan fingerprint density at radius 1 is 0.897 bits per heavy atom. The van der Waals surface area contributed by atoms with E-state index in [0.717, 1.165) is 49.9 Å². The normalized spacial score (nSPS) is 13.6. The molecule has 0 aliphatic heterocycles. The van der Waals surface area contributed by atoms with Gasteiger partial charge in [-0.15, -0.1) is 4.68 Å². The Kier molecular flexibility index (Phi) is 3.17. The van der Waals surface area contributed by atoms with Crippen molar-refractivity contribution >= 4 is 21.9 Å². The summed E-state index contributed by atoms with van der Waals surface area (Å²) in [4.78, 5) is 0. The van der Waals surface area contributed by atoms with Crippen LogP contribution in [0.5, 0.6) is 0 Å². The molecule has 5 aromatic rings. The lowest BCUT2D eigenvalue weighted by molar-refractivity contribution is -0.592. The molecule has 4 heteroatoms. The first kappa shape index (κ1) is 14.6. The van der Waals surface area contributed by atoms with E-state index in [2.05, 4.69) is 17.2 Å². The molecule has 0 amide bonds. The van der Waals surface area contributed by atoms with Crippen molar-refractivity contribution in [2.75, 3.05) is 0 Å². The van der Waals surface area contributed by atoms with Gasteiger partial charge in [0, 0.05) is 26.8 Å². The quantitative estimate of drug-likeness (QED) is 0.376. The smallest absolute Gasteiger partial charge is 0.279 e. The number of furan rings is 1. The van der Waals surface area contributed by atoms with Gasteiger partial charge in [-0.3, -0.25) is 0 Å². The first-order chi connectivity index (χ1) is 15.2. The van der Waals surface area contributed by atoms with Gasteiger partial charge in [-0.25, -0.2) is 0 Å². The lowest BCUT2D eigenvalue weighted by Gasteiger charge is -2.11. The molecule has 0 spiro atoms. The third-order valence-electron chi connectivity index (χ3n) is 5.62. The molecule has 0 atom stereocenters. The summed E-state index contributed by atoms with van der Waals surface area (Å²) >= 11 is 0. The molecule has 0 fully saturated rings. The number of fused-ring (bicyclic) bond motifs is 3. The molecule has 0 aliphatic carbocycles. The molecule has 5 rings (SSSR count). The van der Waals surface area contributed by atoms with Crippen LogP contribution in [0.3, 0.4) is 0 Å². The molecule has 0 unspecified atom stereocenters. The average molecular weight is 386 g/mol. The Morgan fingerprint density at radius 2 is 1.66 bits per heavy atom. The van der Waals surface area contributed by atoms with Crippen LogP contribution in [0.1, 0.15) is 26.6 Å². The van der Waals surface area contributed by atoms with Crippen molar-refractivity contribution in [2.45, 2.75) is 27.6 Å². The SMILES string of the molecule is [2H]C([2H])([2H])c1nn(C)c(-c2c(C)ccc3c2oc2ccccc23)[n+]1-c1c(C)cccc1C. The second-order valence-corrected chi connectivity index (χ2v) is 7.58. The number of benzene rings is 3. The molecule has 4 nitrogen and oxygen atoms in total. The monoisotopic (exact) mass is 385 g/mol. The predicted molar refractivity (Wildman–Crippen MR) is 116 cm³/mol. The molecule has 0 radical (unpaired) electrons. The lowest BCUT2D eigenvalue weighted by atomic mass is 10.0. The second kappa shape index (κ2) is 6.31. The fraction of sp³-hybridized carbons (Fsp3) is 0.200. The van der Waals surface area contributed by atoms with Gasteiger partial charge in [-0.05, 0) is 43.5 Å². The summed E-state index contributed by atoms with van der Waals surface area (Å²) in [6.07, 6.45) is 0. The Bertz CT molecular complexity index is 1490. The minimum atomic E-state index is -2.39. The van der Waals surface area contributed by atoms with Crippen LogP contribution in [-0.2, 0) is 7.05 Å². The standard InChI is InChI=1S/C25H24N3O/c1-15-13-14-20-19-11-6-7-12-21(19)29-24(20)22(15)25-27(5)26-18(4)28(25)23-16(2)9-8-10-17(23)3/h6-14H,1-5H3/q+1/i4D3. The van der Waals surface area contributed by atoms with Crippen molar-refractivity contribution < 1.29 is 13.1 Å². The summed E-state index contributed by atoms with van der Waals surface area (Å²) in [5.41, 5.74) is 6.13. The summed E-state index contributed by atoms with van der Waals surface area (Å²) in [7, 11) is 1.79. The van der Waals surface area contributed by atoms with Gasteiger partial charge in [0.2, 0.25) is 0 Å². The Morgan fingerprint density at radius 3 is 2.41 bits per heavy atom. The molecule has 2 heterocycles. The molecule has 0 saturated carbocycles. The minimum Gasteiger partial charge on any atom is -0.455 e.